The quantitative estimate of drug-likeness (QED) is 0.534. The second kappa shape index (κ2) is 3.21. The van der Waals surface area contributed by atoms with Crippen LogP contribution in [0.4, 0.5) is 0 Å². The molecule has 64 valence electrons. The van der Waals surface area contributed by atoms with Crippen molar-refractivity contribution in [3.63, 3.8) is 0 Å². The molecule has 2 rings (SSSR count). The Morgan fingerprint density at radius 2 is 2.38 bits per heavy atom. The van der Waals surface area contributed by atoms with Crippen molar-refractivity contribution in [2.75, 3.05) is 6.54 Å². The third kappa shape index (κ3) is 1.48. The molecule has 0 aromatic carbocycles. The van der Waals surface area contributed by atoms with Crippen LogP contribution in [-0.2, 0) is 0 Å². The Hall–Kier alpha value is -1.93. The van der Waals surface area contributed by atoms with Gasteiger partial charge in [-0.3, -0.25) is 5.10 Å². The predicted molar refractivity (Wildman–Crippen MR) is 47.6 cm³/mol. The molecule has 0 unspecified atom stereocenters. The fraction of sp³-hybridized carbons (Fsp3) is 0.125. The highest BCUT2D eigenvalue weighted by atomic mass is 15.1. The van der Waals surface area contributed by atoms with Crippen LogP contribution in [0.1, 0.15) is 5.82 Å². The summed E-state index contributed by atoms with van der Waals surface area (Å²) in [6.07, 6.45) is 3.34. The van der Waals surface area contributed by atoms with Crippen molar-refractivity contribution in [1.82, 2.24) is 20.2 Å². The van der Waals surface area contributed by atoms with E-state index < -0.39 is 0 Å². The number of aromatic amines is 1. The second-order valence-corrected chi connectivity index (χ2v) is 2.37. The van der Waals surface area contributed by atoms with E-state index in [4.69, 9.17) is 5.73 Å². The van der Waals surface area contributed by atoms with Crippen LogP contribution in [0.2, 0.25) is 0 Å². The summed E-state index contributed by atoms with van der Waals surface area (Å²) in [5.41, 5.74) is 5.91. The van der Waals surface area contributed by atoms with Gasteiger partial charge in [-0.05, 0) is 5.92 Å². The van der Waals surface area contributed by atoms with E-state index in [1.54, 1.807) is 12.4 Å². The van der Waals surface area contributed by atoms with Crippen LogP contribution in [0.5, 0.6) is 0 Å². The van der Waals surface area contributed by atoms with E-state index in [0.717, 1.165) is 5.39 Å². The molecule has 2 aromatic heterocycles. The Labute approximate surface area is 74.4 Å². The minimum absolute atomic E-state index is 0.310. The van der Waals surface area contributed by atoms with Crippen LogP contribution in [0, 0.1) is 11.8 Å². The van der Waals surface area contributed by atoms with Crippen LogP contribution in [0.15, 0.2) is 12.4 Å². The van der Waals surface area contributed by atoms with Crippen molar-refractivity contribution in [3.8, 4) is 11.8 Å². The summed E-state index contributed by atoms with van der Waals surface area (Å²) >= 11 is 0. The van der Waals surface area contributed by atoms with Crippen LogP contribution in [0.3, 0.4) is 0 Å². The smallest absolute Gasteiger partial charge is 0.206 e. The zero-order valence-corrected chi connectivity index (χ0v) is 6.78. The third-order valence-electron chi connectivity index (χ3n) is 1.49. The molecule has 0 spiro atoms. The molecule has 0 amide bonds. The summed E-state index contributed by atoms with van der Waals surface area (Å²) in [6.45, 7) is 0.310. The van der Waals surface area contributed by atoms with Crippen molar-refractivity contribution < 1.29 is 0 Å². The van der Waals surface area contributed by atoms with E-state index in [9.17, 15) is 0 Å². The van der Waals surface area contributed by atoms with E-state index in [2.05, 4.69) is 32.0 Å². The Balaban J connectivity index is 2.48. The van der Waals surface area contributed by atoms with Gasteiger partial charge in [0.05, 0.1) is 18.1 Å². The fourth-order valence-corrected chi connectivity index (χ4v) is 0.928. The van der Waals surface area contributed by atoms with Gasteiger partial charge in [0.15, 0.2) is 5.65 Å². The number of nitrogens with one attached hydrogen (secondary N) is 1. The Morgan fingerprint density at radius 1 is 1.46 bits per heavy atom. The SMILES string of the molecule is NCC#Cc1ncc2cn[nH]c2n1. The fourth-order valence-electron chi connectivity index (χ4n) is 0.928. The van der Waals surface area contributed by atoms with Crippen molar-refractivity contribution in [2.45, 2.75) is 0 Å². The molecular weight excluding hydrogens is 166 g/mol. The average Bonchev–Trinajstić information content (AvgIpc) is 2.61. The molecule has 0 aliphatic rings. The highest BCUT2D eigenvalue weighted by Gasteiger charge is 1.97. The molecule has 2 heterocycles. The van der Waals surface area contributed by atoms with E-state index in [-0.39, 0.29) is 0 Å². The van der Waals surface area contributed by atoms with Gasteiger partial charge in [0, 0.05) is 6.20 Å². The highest BCUT2D eigenvalue weighted by molar-refractivity contribution is 5.72. The Morgan fingerprint density at radius 3 is 3.23 bits per heavy atom. The van der Waals surface area contributed by atoms with Gasteiger partial charge < -0.3 is 5.73 Å². The van der Waals surface area contributed by atoms with Gasteiger partial charge in [0.2, 0.25) is 5.82 Å². The standard InChI is InChI=1S/C8H7N5/c9-3-1-2-7-10-4-6-5-11-13-8(6)12-7/h4-5H,3,9H2,(H,10,11,12,13). The topological polar surface area (TPSA) is 80.5 Å². The lowest BCUT2D eigenvalue weighted by atomic mass is 10.4. The minimum atomic E-state index is 0.310. The first-order valence-electron chi connectivity index (χ1n) is 3.75. The number of nitrogens with zero attached hydrogens (tertiary/aromatic N) is 3. The van der Waals surface area contributed by atoms with E-state index in [1.807, 2.05) is 0 Å². The number of aromatic nitrogens is 4. The largest absolute Gasteiger partial charge is 0.320 e. The maximum atomic E-state index is 5.22. The predicted octanol–water partition coefficient (Wildman–Crippen LogP) is -0.337. The summed E-state index contributed by atoms with van der Waals surface area (Å²) in [7, 11) is 0. The number of rotatable bonds is 0. The van der Waals surface area contributed by atoms with Crippen molar-refractivity contribution in [1.29, 1.82) is 0 Å². The molecule has 13 heavy (non-hydrogen) atoms. The molecule has 0 bridgehead atoms. The summed E-state index contributed by atoms with van der Waals surface area (Å²) < 4.78 is 0. The first kappa shape index (κ1) is 7.71. The maximum Gasteiger partial charge on any atom is 0.206 e. The van der Waals surface area contributed by atoms with Crippen LogP contribution < -0.4 is 5.73 Å². The van der Waals surface area contributed by atoms with E-state index in [0.29, 0.717) is 18.0 Å². The first-order chi connectivity index (χ1) is 6.40. The van der Waals surface area contributed by atoms with Gasteiger partial charge >= 0.3 is 0 Å². The summed E-state index contributed by atoms with van der Waals surface area (Å²) in [6, 6.07) is 0. The van der Waals surface area contributed by atoms with Gasteiger partial charge in [0.25, 0.3) is 0 Å². The van der Waals surface area contributed by atoms with Crippen LogP contribution in [-0.4, -0.2) is 26.7 Å². The molecule has 0 saturated carbocycles. The maximum absolute atomic E-state index is 5.22. The average molecular weight is 173 g/mol. The molecule has 3 N–H and O–H groups in total. The minimum Gasteiger partial charge on any atom is -0.320 e. The van der Waals surface area contributed by atoms with Crippen LogP contribution in [0.25, 0.3) is 11.0 Å². The number of hydrogen-bond acceptors (Lipinski definition) is 4. The zero-order valence-electron chi connectivity index (χ0n) is 6.78. The monoisotopic (exact) mass is 173 g/mol. The number of hydrogen-bond donors (Lipinski definition) is 2. The molecule has 5 nitrogen and oxygen atoms in total. The molecule has 0 aliphatic carbocycles. The van der Waals surface area contributed by atoms with Crippen molar-refractivity contribution in [2.24, 2.45) is 5.73 Å². The molecule has 2 aromatic rings. The second-order valence-electron chi connectivity index (χ2n) is 2.37. The number of H-pyrrole nitrogens is 1. The Kier molecular flexibility index (Phi) is 1.90. The third-order valence-corrected chi connectivity index (χ3v) is 1.49. The lowest BCUT2D eigenvalue weighted by Crippen LogP contribution is -1.94. The van der Waals surface area contributed by atoms with Crippen LogP contribution >= 0.6 is 0 Å². The van der Waals surface area contributed by atoms with Crippen molar-refractivity contribution in [3.05, 3.63) is 18.2 Å². The lowest BCUT2D eigenvalue weighted by molar-refractivity contribution is 1.08. The summed E-state index contributed by atoms with van der Waals surface area (Å²) in [5, 5.41) is 7.43. The number of nitrogens with two attached hydrogens (primary N) is 1. The molecule has 0 atom stereocenters. The van der Waals surface area contributed by atoms with E-state index in [1.165, 1.54) is 0 Å². The van der Waals surface area contributed by atoms with Gasteiger partial charge in [-0.2, -0.15) is 5.10 Å². The first-order valence-corrected chi connectivity index (χ1v) is 3.75. The number of fused-ring (bicyclic) bond motifs is 1. The molecule has 5 heteroatoms. The normalized spacial score (nSPS) is 9.62. The Bertz CT molecular complexity index is 476. The highest BCUT2D eigenvalue weighted by Crippen LogP contribution is 2.04. The lowest BCUT2D eigenvalue weighted by Gasteiger charge is -1.88. The molecule has 0 saturated heterocycles. The molecular formula is C8H7N5. The van der Waals surface area contributed by atoms with Gasteiger partial charge in [0.1, 0.15) is 0 Å². The summed E-state index contributed by atoms with van der Waals surface area (Å²) in [4.78, 5) is 8.13. The van der Waals surface area contributed by atoms with Gasteiger partial charge in [-0.1, -0.05) is 5.92 Å². The van der Waals surface area contributed by atoms with Crippen molar-refractivity contribution >= 4 is 11.0 Å². The van der Waals surface area contributed by atoms with Gasteiger partial charge in [-0.15, -0.1) is 0 Å². The molecule has 0 fully saturated rings. The summed E-state index contributed by atoms with van der Waals surface area (Å²) in [5.74, 6) is 5.88. The molecule has 0 radical (unpaired) electrons. The van der Waals surface area contributed by atoms with Gasteiger partial charge in [-0.25, -0.2) is 9.97 Å². The molecule has 0 aliphatic heterocycles. The van der Waals surface area contributed by atoms with E-state index >= 15 is 0 Å². The zero-order chi connectivity index (χ0) is 9.10.